The minimum absolute atomic E-state index is 0.270. The van der Waals surface area contributed by atoms with E-state index in [-0.39, 0.29) is 37.0 Å². The molecule has 32 heavy (non-hydrogen) atoms. The SMILES string of the molecule is CC(COCc1ccccc1)OC(=O)CCCCC(=O)OC(C)COCc1ccccc1. The van der Waals surface area contributed by atoms with Crippen LogP contribution in [0.25, 0.3) is 0 Å². The molecular formula is C26H34O6. The van der Waals surface area contributed by atoms with Crippen LogP contribution in [0.15, 0.2) is 60.7 Å². The van der Waals surface area contributed by atoms with E-state index in [9.17, 15) is 9.59 Å². The van der Waals surface area contributed by atoms with Crippen molar-refractivity contribution in [2.45, 2.75) is 65.0 Å². The van der Waals surface area contributed by atoms with Crippen LogP contribution < -0.4 is 0 Å². The summed E-state index contributed by atoms with van der Waals surface area (Å²) in [5.41, 5.74) is 2.16. The number of benzene rings is 2. The topological polar surface area (TPSA) is 71.1 Å². The molecule has 0 bridgehead atoms. The van der Waals surface area contributed by atoms with Gasteiger partial charge < -0.3 is 18.9 Å². The van der Waals surface area contributed by atoms with Gasteiger partial charge in [-0.15, -0.1) is 0 Å². The third-order valence-electron chi connectivity index (χ3n) is 4.61. The second-order valence-corrected chi connectivity index (χ2v) is 7.81. The smallest absolute Gasteiger partial charge is 0.306 e. The number of ether oxygens (including phenoxy) is 4. The molecule has 0 aliphatic heterocycles. The van der Waals surface area contributed by atoms with Crippen LogP contribution in [0, 0.1) is 0 Å². The van der Waals surface area contributed by atoms with Gasteiger partial charge in [0.1, 0.15) is 12.2 Å². The van der Waals surface area contributed by atoms with Crippen molar-refractivity contribution in [2.75, 3.05) is 13.2 Å². The predicted octanol–water partition coefficient (Wildman–Crippen LogP) is 4.84. The first-order chi connectivity index (χ1) is 15.5. The van der Waals surface area contributed by atoms with E-state index in [1.807, 2.05) is 74.5 Å². The third-order valence-corrected chi connectivity index (χ3v) is 4.61. The Kier molecular flexibility index (Phi) is 12.1. The summed E-state index contributed by atoms with van der Waals surface area (Å²) in [5.74, 6) is -0.561. The van der Waals surface area contributed by atoms with E-state index in [1.165, 1.54) is 0 Å². The molecule has 0 N–H and O–H groups in total. The molecule has 6 nitrogen and oxygen atoms in total. The van der Waals surface area contributed by atoms with Crippen LogP contribution in [-0.4, -0.2) is 37.4 Å². The van der Waals surface area contributed by atoms with E-state index in [4.69, 9.17) is 18.9 Å². The minimum Gasteiger partial charge on any atom is -0.460 e. The molecule has 2 unspecified atom stereocenters. The highest BCUT2D eigenvalue weighted by Crippen LogP contribution is 2.08. The molecule has 0 radical (unpaired) electrons. The Morgan fingerprint density at radius 3 is 1.41 bits per heavy atom. The van der Waals surface area contributed by atoms with Crippen molar-refractivity contribution < 1.29 is 28.5 Å². The van der Waals surface area contributed by atoms with Crippen LogP contribution in [0.2, 0.25) is 0 Å². The monoisotopic (exact) mass is 442 g/mol. The quantitative estimate of drug-likeness (QED) is 0.290. The zero-order chi connectivity index (χ0) is 23.0. The maximum absolute atomic E-state index is 11.9. The minimum atomic E-state index is -0.312. The molecule has 6 heteroatoms. The number of hydrogen-bond donors (Lipinski definition) is 0. The first kappa shape index (κ1) is 25.6. The zero-order valence-corrected chi connectivity index (χ0v) is 19.0. The average Bonchev–Trinajstić information content (AvgIpc) is 2.78. The van der Waals surface area contributed by atoms with Crippen LogP contribution in [-0.2, 0) is 41.8 Å². The first-order valence-electron chi connectivity index (χ1n) is 11.1. The molecular weight excluding hydrogens is 408 g/mol. The van der Waals surface area contributed by atoms with Crippen molar-refractivity contribution in [3.63, 3.8) is 0 Å². The highest BCUT2D eigenvalue weighted by Gasteiger charge is 2.12. The van der Waals surface area contributed by atoms with Gasteiger partial charge in [-0.2, -0.15) is 0 Å². The fourth-order valence-electron chi connectivity index (χ4n) is 3.01. The maximum atomic E-state index is 11.9. The van der Waals surface area contributed by atoms with Gasteiger partial charge in [0.25, 0.3) is 0 Å². The third kappa shape index (κ3) is 11.6. The molecule has 0 fully saturated rings. The van der Waals surface area contributed by atoms with E-state index >= 15 is 0 Å². The standard InChI is InChI=1S/C26H34O6/c1-21(17-29-19-23-11-5-3-6-12-23)31-25(27)15-9-10-16-26(28)32-22(2)18-30-20-24-13-7-4-8-14-24/h3-8,11-14,21-22H,9-10,15-20H2,1-2H3. The Balaban J connectivity index is 1.47. The highest BCUT2D eigenvalue weighted by atomic mass is 16.6. The summed E-state index contributed by atoms with van der Waals surface area (Å²) < 4.78 is 21.8. The summed E-state index contributed by atoms with van der Waals surface area (Å²) in [6, 6.07) is 19.7. The summed E-state index contributed by atoms with van der Waals surface area (Å²) >= 11 is 0. The van der Waals surface area contributed by atoms with Crippen molar-refractivity contribution in [3.05, 3.63) is 71.8 Å². The summed E-state index contributed by atoms with van der Waals surface area (Å²) in [4.78, 5) is 23.9. The number of unbranched alkanes of at least 4 members (excludes halogenated alkanes) is 1. The van der Waals surface area contributed by atoms with Gasteiger partial charge in [-0.25, -0.2) is 0 Å². The average molecular weight is 443 g/mol. The van der Waals surface area contributed by atoms with Gasteiger partial charge in [0.05, 0.1) is 26.4 Å². The Labute approximate surface area is 190 Å². The van der Waals surface area contributed by atoms with Crippen molar-refractivity contribution >= 4 is 11.9 Å². The number of rotatable bonds is 15. The fourth-order valence-corrected chi connectivity index (χ4v) is 3.01. The lowest BCUT2D eigenvalue weighted by Crippen LogP contribution is -2.21. The van der Waals surface area contributed by atoms with E-state index in [0.29, 0.717) is 39.3 Å². The van der Waals surface area contributed by atoms with Gasteiger partial charge in [0, 0.05) is 12.8 Å². The number of hydrogen-bond acceptors (Lipinski definition) is 6. The van der Waals surface area contributed by atoms with Crippen LogP contribution in [0.1, 0.15) is 50.7 Å². The summed E-state index contributed by atoms with van der Waals surface area (Å²) in [7, 11) is 0. The van der Waals surface area contributed by atoms with E-state index in [2.05, 4.69) is 0 Å². The second kappa shape index (κ2) is 15.2. The van der Waals surface area contributed by atoms with E-state index in [1.54, 1.807) is 0 Å². The van der Waals surface area contributed by atoms with Gasteiger partial charge in [0.15, 0.2) is 0 Å². The molecule has 2 atom stereocenters. The van der Waals surface area contributed by atoms with Crippen molar-refractivity contribution in [3.8, 4) is 0 Å². The Bertz CT molecular complexity index is 710. The van der Waals surface area contributed by atoms with Gasteiger partial charge in [-0.05, 0) is 37.8 Å². The molecule has 0 aliphatic rings. The summed E-state index contributed by atoms with van der Waals surface area (Å²) in [6.07, 6.45) is 1.06. The number of carbonyl (C=O) groups excluding carboxylic acids is 2. The molecule has 0 aliphatic carbocycles. The number of carbonyl (C=O) groups is 2. The van der Waals surface area contributed by atoms with Crippen molar-refractivity contribution in [2.24, 2.45) is 0 Å². The molecule has 2 aromatic carbocycles. The lowest BCUT2D eigenvalue weighted by Gasteiger charge is -2.14. The highest BCUT2D eigenvalue weighted by molar-refractivity contribution is 5.70. The summed E-state index contributed by atoms with van der Waals surface area (Å²) in [6.45, 7) is 5.28. The molecule has 0 amide bonds. The van der Waals surface area contributed by atoms with E-state index in [0.717, 1.165) is 11.1 Å². The first-order valence-corrected chi connectivity index (χ1v) is 11.1. The van der Waals surface area contributed by atoms with Crippen molar-refractivity contribution in [1.82, 2.24) is 0 Å². The molecule has 174 valence electrons. The maximum Gasteiger partial charge on any atom is 0.306 e. The van der Waals surface area contributed by atoms with Gasteiger partial charge in [0.2, 0.25) is 0 Å². The second-order valence-electron chi connectivity index (χ2n) is 7.81. The largest absolute Gasteiger partial charge is 0.460 e. The van der Waals surface area contributed by atoms with Crippen molar-refractivity contribution in [1.29, 1.82) is 0 Å². The fraction of sp³-hybridized carbons (Fsp3) is 0.462. The summed E-state index contributed by atoms with van der Waals surface area (Å²) in [5, 5.41) is 0. The van der Waals surface area contributed by atoms with Crippen LogP contribution in [0.4, 0.5) is 0 Å². The normalized spacial score (nSPS) is 12.7. The number of esters is 2. The van der Waals surface area contributed by atoms with Gasteiger partial charge in [-0.1, -0.05) is 60.7 Å². The Morgan fingerprint density at radius 2 is 1.03 bits per heavy atom. The van der Waals surface area contributed by atoms with Gasteiger partial charge in [-0.3, -0.25) is 9.59 Å². The van der Waals surface area contributed by atoms with Crippen LogP contribution in [0.3, 0.4) is 0 Å². The molecule has 0 saturated heterocycles. The van der Waals surface area contributed by atoms with Gasteiger partial charge >= 0.3 is 11.9 Å². The van der Waals surface area contributed by atoms with E-state index < -0.39 is 0 Å². The lowest BCUT2D eigenvalue weighted by molar-refractivity contribution is -0.153. The van der Waals surface area contributed by atoms with Crippen LogP contribution in [0.5, 0.6) is 0 Å². The van der Waals surface area contributed by atoms with Crippen LogP contribution >= 0.6 is 0 Å². The zero-order valence-electron chi connectivity index (χ0n) is 19.0. The Morgan fingerprint density at radius 1 is 0.656 bits per heavy atom. The molecule has 0 aromatic heterocycles. The molecule has 0 saturated carbocycles. The predicted molar refractivity (Wildman–Crippen MR) is 122 cm³/mol. The molecule has 0 spiro atoms. The Hall–Kier alpha value is -2.70. The molecule has 2 rings (SSSR count). The molecule has 0 heterocycles. The lowest BCUT2D eigenvalue weighted by atomic mass is 10.2. The molecule has 2 aromatic rings.